The summed E-state index contributed by atoms with van der Waals surface area (Å²) in [6, 6.07) is 8.29. The number of rotatable bonds is 3. The fraction of sp³-hybridized carbons (Fsp3) is 0.462. The first-order valence-corrected chi connectivity index (χ1v) is 6.04. The van der Waals surface area contributed by atoms with Crippen molar-refractivity contribution >= 4 is 17.3 Å². The molecule has 0 fully saturated rings. The molecule has 1 aromatic carbocycles. The molecule has 0 radical (unpaired) electrons. The second-order valence-electron chi connectivity index (χ2n) is 4.59. The zero-order valence-corrected chi connectivity index (χ0v) is 10.4. The van der Waals surface area contributed by atoms with Crippen molar-refractivity contribution < 1.29 is 4.79 Å². The first-order valence-electron chi connectivity index (χ1n) is 6.04. The van der Waals surface area contributed by atoms with Crippen LogP contribution in [0.25, 0.3) is 0 Å². The molecule has 4 heteroatoms. The summed E-state index contributed by atoms with van der Waals surface area (Å²) in [7, 11) is 0. The Morgan fingerprint density at radius 1 is 1.47 bits per heavy atom. The van der Waals surface area contributed by atoms with Gasteiger partial charge in [-0.15, -0.1) is 0 Å². The molecule has 0 aromatic heterocycles. The molecule has 1 aliphatic heterocycles. The van der Waals surface area contributed by atoms with Crippen LogP contribution in [0.5, 0.6) is 0 Å². The maximum atomic E-state index is 11.8. The zero-order chi connectivity index (χ0) is 12.3. The molecule has 17 heavy (non-hydrogen) atoms. The summed E-state index contributed by atoms with van der Waals surface area (Å²) in [5, 5.41) is 6.25. The molecule has 0 atom stereocenters. The normalized spacial score (nSPS) is 14.2. The molecule has 0 spiro atoms. The highest BCUT2D eigenvalue weighted by Crippen LogP contribution is 2.27. The van der Waals surface area contributed by atoms with Gasteiger partial charge in [0.2, 0.25) is 5.91 Å². The Labute approximate surface area is 102 Å². The van der Waals surface area contributed by atoms with Gasteiger partial charge < -0.3 is 15.5 Å². The van der Waals surface area contributed by atoms with E-state index >= 15 is 0 Å². The van der Waals surface area contributed by atoms with E-state index in [9.17, 15) is 4.79 Å². The van der Waals surface area contributed by atoms with Gasteiger partial charge in [-0.3, -0.25) is 4.79 Å². The number of fused-ring (bicyclic) bond motifs is 1. The van der Waals surface area contributed by atoms with Crippen LogP contribution in [-0.4, -0.2) is 31.6 Å². The van der Waals surface area contributed by atoms with Gasteiger partial charge in [0.15, 0.2) is 0 Å². The Balaban J connectivity index is 2.06. The van der Waals surface area contributed by atoms with E-state index in [1.54, 1.807) is 0 Å². The molecule has 4 nitrogen and oxygen atoms in total. The van der Waals surface area contributed by atoms with Crippen LogP contribution in [0.3, 0.4) is 0 Å². The van der Waals surface area contributed by atoms with E-state index in [-0.39, 0.29) is 11.9 Å². The van der Waals surface area contributed by atoms with Crippen molar-refractivity contribution in [2.24, 2.45) is 0 Å². The summed E-state index contributed by atoms with van der Waals surface area (Å²) < 4.78 is 0. The summed E-state index contributed by atoms with van der Waals surface area (Å²) in [5.74, 6) is 0.0803. The van der Waals surface area contributed by atoms with Crippen LogP contribution in [0.4, 0.5) is 11.4 Å². The molecule has 0 unspecified atom stereocenters. The smallest absolute Gasteiger partial charge is 0.239 e. The second-order valence-corrected chi connectivity index (χ2v) is 4.59. The lowest BCUT2D eigenvalue weighted by Crippen LogP contribution is -2.43. The third-order valence-electron chi connectivity index (χ3n) is 2.73. The molecule has 0 aliphatic carbocycles. The number of amides is 1. The molecular formula is C13H19N3O. The fourth-order valence-corrected chi connectivity index (χ4v) is 2.05. The molecule has 1 aliphatic rings. The average Bonchev–Trinajstić information content (AvgIpc) is 2.28. The lowest BCUT2D eigenvalue weighted by Gasteiger charge is -2.31. The Kier molecular flexibility index (Phi) is 3.52. The van der Waals surface area contributed by atoms with Gasteiger partial charge in [0.05, 0.1) is 17.9 Å². The highest BCUT2D eigenvalue weighted by molar-refractivity contribution is 5.84. The Morgan fingerprint density at radius 3 is 3.00 bits per heavy atom. The van der Waals surface area contributed by atoms with Crippen LogP contribution in [0, 0.1) is 0 Å². The van der Waals surface area contributed by atoms with E-state index in [4.69, 9.17) is 0 Å². The van der Waals surface area contributed by atoms with Gasteiger partial charge in [0.25, 0.3) is 0 Å². The highest BCUT2D eigenvalue weighted by atomic mass is 16.2. The minimum absolute atomic E-state index is 0.0803. The quantitative estimate of drug-likeness (QED) is 0.830. The molecule has 92 valence electrons. The fourth-order valence-electron chi connectivity index (χ4n) is 2.05. The molecule has 0 saturated carbocycles. The largest absolute Gasteiger partial charge is 0.382 e. The number of hydrogen-bond acceptors (Lipinski definition) is 3. The Hall–Kier alpha value is -1.71. The summed E-state index contributed by atoms with van der Waals surface area (Å²) in [4.78, 5) is 13.9. The molecule has 1 heterocycles. The molecule has 1 amide bonds. The summed E-state index contributed by atoms with van der Waals surface area (Å²) in [6.07, 6.45) is 0. The van der Waals surface area contributed by atoms with Gasteiger partial charge in [0, 0.05) is 19.1 Å². The predicted molar refractivity (Wildman–Crippen MR) is 70.4 cm³/mol. The van der Waals surface area contributed by atoms with E-state index in [1.165, 1.54) is 0 Å². The SMILES string of the molecule is CC(C)NC(=O)CN1CCNc2ccccc21. The number of hydrogen-bond donors (Lipinski definition) is 2. The number of nitrogens with zero attached hydrogens (tertiary/aromatic N) is 1. The summed E-state index contributed by atoms with van der Waals surface area (Å²) >= 11 is 0. The number of carbonyl (C=O) groups excluding carboxylic acids is 1. The van der Waals surface area contributed by atoms with Gasteiger partial charge in [-0.1, -0.05) is 12.1 Å². The average molecular weight is 233 g/mol. The Morgan fingerprint density at radius 2 is 2.24 bits per heavy atom. The number of benzene rings is 1. The van der Waals surface area contributed by atoms with E-state index in [0.717, 1.165) is 24.5 Å². The van der Waals surface area contributed by atoms with E-state index in [0.29, 0.717) is 6.54 Å². The van der Waals surface area contributed by atoms with Gasteiger partial charge in [-0.05, 0) is 26.0 Å². The number of carbonyl (C=O) groups is 1. The second kappa shape index (κ2) is 5.08. The number of para-hydroxylation sites is 2. The number of nitrogens with one attached hydrogen (secondary N) is 2. The first-order chi connectivity index (χ1) is 8.16. The lowest BCUT2D eigenvalue weighted by molar-refractivity contribution is -0.120. The lowest BCUT2D eigenvalue weighted by atomic mass is 10.2. The van der Waals surface area contributed by atoms with E-state index < -0.39 is 0 Å². The van der Waals surface area contributed by atoms with Gasteiger partial charge in [-0.2, -0.15) is 0 Å². The van der Waals surface area contributed by atoms with Crippen LogP contribution in [0.15, 0.2) is 24.3 Å². The van der Waals surface area contributed by atoms with Crippen molar-refractivity contribution in [2.75, 3.05) is 29.9 Å². The number of anilines is 2. The topological polar surface area (TPSA) is 44.4 Å². The van der Waals surface area contributed by atoms with Crippen LogP contribution in [0.1, 0.15) is 13.8 Å². The van der Waals surface area contributed by atoms with Gasteiger partial charge >= 0.3 is 0 Å². The predicted octanol–water partition coefficient (Wildman–Crippen LogP) is 1.44. The van der Waals surface area contributed by atoms with Crippen LogP contribution >= 0.6 is 0 Å². The first kappa shape index (κ1) is 11.8. The molecule has 0 bridgehead atoms. The highest BCUT2D eigenvalue weighted by Gasteiger charge is 2.18. The molecule has 0 saturated heterocycles. The maximum Gasteiger partial charge on any atom is 0.239 e. The van der Waals surface area contributed by atoms with Crippen molar-refractivity contribution in [3.8, 4) is 0 Å². The van der Waals surface area contributed by atoms with Crippen molar-refractivity contribution in [1.29, 1.82) is 0 Å². The van der Waals surface area contributed by atoms with E-state index in [2.05, 4.69) is 15.5 Å². The van der Waals surface area contributed by atoms with E-state index in [1.807, 2.05) is 38.1 Å². The monoisotopic (exact) mass is 233 g/mol. The van der Waals surface area contributed by atoms with Crippen LogP contribution in [0.2, 0.25) is 0 Å². The van der Waals surface area contributed by atoms with Gasteiger partial charge in [0.1, 0.15) is 0 Å². The molecular weight excluding hydrogens is 214 g/mol. The summed E-state index contributed by atoms with van der Waals surface area (Å²) in [5.41, 5.74) is 2.22. The van der Waals surface area contributed by atoms with Crippen molar-refractivity contribution in [1.82, 2.24) is 5.32 Å². The molecule has 1 aromatic rings. The van der Waals surface area contributed by atoms with Crippen LogP contribution < -0.4 is 15.5 Å². The van der Waals surface area contributed by atoms with Crippen molar-refractivity contribution in [2.45, 2.75) is 19.9 Å². The molecule has 2 rings (SSSR count). The van der Waals surface area contributed by atoms with Crippen molar-refractivity contribution in [3.63, 3.8) is 0 Å². The third-order valence-corrected chi connectivity index (χ3v) is 2.73. The zero-order valence-electron chi connectivity index (χ0n) is 10.4. The minimum atomic E-state index is 0.0803. The minimum Gasteiger partial charge on any atom is -0.382 e. The standard InChI is InChI=1S/C13H19N3O/c1-10(2)15-13(17)9-16-8-7-14-11-5-3-4-6-12(11)16/h3-6,10,14H,7-9H2,1-2H3,(H,15,17). The van der Waals surface area contributed by atoms with Crippen molar-refractivity contribution in [3.05, 3.63) is 24.3 Å². The van der Waals surface area contributed by atoms with Gasteiger partial charge in [-0.25, -0.2) is 0 Å². The van der Waals surface area contributed by atoms with Crippen LogP contribution in [-0.2, 0) is 4.79 Å². The molecule has 2 N–H and O–H groups in total. The maximum absolute atomic E-state index is 11.8. The Bertz CT molecular complexity index is 403. The third kappa shape index (κ3) is 2.90. The summed E-state index contributed by atoms with van der Waals surface area (Å²) in [6.45, 7) is 6.12.